The molecule has 0 N–H and O–H groups in total. The molecule has 0 atom stereocenters. The lowest BCUT2D eigenvalue weighted by Gasteiger charge is -2.03. The summed E-state index contributed by atoms with van der Waals surface area (Å²) in [6.45, 7) is 3.56. The van der Waals surface area contributed by atoms with E-state index < -0.39 is 0 Å². The summed E-state index contributed by atoms with van der Waals surface area (Å²) in [4.78, 5) is 0. The standard InChI is InChI=1S/C9H8BrO/c1-3-7-5-4-6-8(11-2)9(7)10/h4-6H,1H2,2H3. The average Bonchev–Trinajstić information content (AvgIpc) is 2.05. The van der Waals surface area contributed by atoms with Crippen molar-refractivity contribution in [2.45, 2.75) is 0 Å². The highest BCUT2D eigenvalue weighted by Crippen LogP contribution is 2.27. The molecule has 1 nitrogen and oxygen atoms in total. The van der Waals surface area contributed by atoms with Gasteiger partial charge in [-0.05, 0) is 33.6 Å². The van der Waals surface area contributed by atoms with Gasteiger partial charge in [0.25, 0.3) is 0 Å². The SMILES string of the molecule is C=[C]c1cccc(OC)c1Br. The van der Waals surface area contributed by atoms with Gasteiger partial charge in [-0.2, -0.15) is 0 Å². The number of halogens is 1. The first-order valence-corrected chi connectivity index (χ1v) is 3.94. The Morgan fingerprint density at radius 3 is 2.82 bits per heavy atom. The molecule has 0 aliphatic carbocycles. The lowest BCUT2D eigenvalue weighted by Crippen LogP contribution is -1.85. The molecule has 0 heterocycles. The number of benzene rings is 1. The van der Waals surface area contributed by atoms with Crippen LogP contribution in [0.2, 0.25) is 0 Å². The van der Waals surface area contributed by atoms with E-state index in [9.17, 15) is 0 Å². The fourth-order valence-electron chi connectivity index (χ4n) is 0.805. The normalized spacial score (nSPS) is 9.27. The van der Waals surface area contributed by atoms with Crippen molar-refractivity contribution in [1.29, 1.82) is 0 Å². The highest BCUT2D eigenvalue weighted by molar-refractivity contribution is 9.10. The average molecular weight is 212 g/mol. The summed E-state index contributed by atoms with van der Waals surface area (Å²) in [5.41, 5.74) is 0.921. The first-order valence-electron chi connectivity index (χ1n) is 3.15. The molecule has 1 aromatic rings. The summed E-state index contributed by atoms with van der Waals surface area (Å²) in [6, 6.07) is 5.70. The molecule has 0 spiro atoms. The van der Waals surface area contributed by atoms with E-state index in [0.29, 0.717) is 0 Å². The van der Waals surface area contributed by atoms with E-state index in [4.69, 9.17) is 4.74 Å². The second-order valence-electron chi connectivity index (χ2n) is 2.00. The van der Waals surface area contributed by atoms with Gasteiger partial charge in [-0.15, -0.1) is 0 Å². The monoisotopic (exact) mass is 211 g/mol. The first kappa shape index (κ1) is 8.34. The van der Waals surface area contributed by atoms with E-state index >= 15 is 0 Å². The number of hydrogen-bond acceptors (Lipinski definition) is 1. The van der Waals surface area contributed by atoms with Gasteiger partial charge >= 0.3 is 0 Å². The third kappa shape index (κ3) is 1.63. The van der Waals surface area contributed by atoms with Crippen LogP contribution in [-0.2, 0) is 0 Å². The smallest absolute Gasteiger partial charge is 0.133 e. The maximum Gasteiger partial charge on any atom is 0.133 e. The van der Waals surface area contributed by atoms with E-state index in [1.807, 2.05) is 18.2 Å². The molecule has 0 unspecified atom stereocenters. The fraction of sp³-hybridized carbons (Fsp3) is 0.111. The molecule has 0 saturated heterocycles. The van der Waals surface area contributed by atoms with Gasteiger partial charge in [-0.25, -0.2) is 0 Å². The fourth-order valence-corrected chi connectivity index (χ4v) is 1.37. The van der Waals surface area contributed by atoms with Crippen molar-refractivity contribution in [3.8, 4) is 5.75 Å². The maximum atomic E-state index is 5.07. The van der Waals surface area contributed by atoms with E-state index in [0.717, 1.165) is 15.8 Å². The summed E-state index contributed by atoms with van der Waals surface area (Å²) < 4.78 is 5.97. The van der Waals surface area contributed by atoms with Gasteiger partial charge in [-0.1, -0.05) is 18.7 Å². The van der Waals surface area contributed by atoms with Crippen LogP contribution in [0.4, 0.5) is 0 Å². The van der Waals surface area contributed by atoms with Gasteiger partial charge in [0.2, 0.25) is 0 Å². The molecule has 0 bridgehead atoms. The minimum absolute atomic E-state index is 0.804. The summed E-state index contributed by atoms with van der Waals surface area (Å²) in [5, 5.41) is 0. The van der Waals surface area contributed by atoms with Crippen molar-refractivity contribution in [2.75, 3.05) is 7.11 Å². The summed E-state index contributed by atoms with van der Waals surface area (Å²) in [5.74, 6) is 0.804. The first-order chi connectivity index (χ1) is 5.29. The molecule has 1 aromatic carbocycles. The maximum absolute atomic E-state index is 5.07. The van der Waals surface area contributed by atoms with Crippen LogP contribution in [0, 0.1) is 6.08 Å². The van der Waals surface area contributed by atoms with Crippen molar-refractivity contribution in [1.82, 2.24) is 0 Å². The number of hydrogen-bond donors (Lipinski definition) is 0. The summed E-state index contributed by atoms with van der Waals surface area (Å²) in [7, 11) is 1.63. The largest absolute Gasteiger partial charge is 0.496 e. The molecular formula is C9H8BrO. The van der Waals surface area contributed by atoms with Gasteiger partial charge < -0.3 is 4.74 Å². The van der Waals surface area contributed by atoms with Crippen LogP contribution in [0.25, 0.3) is 0 Å². The van der Waals surface area contributed by atoms with E-state index in [-0.39, 0.29) is 0 Å². The van der Waals surface area contributed by atoms with Crippen LogP contribution in [0.3, 0.4) is 0 Å². The highest BCUT2D eigenvalue weighted by Gasteiger charge is 2.01. The molecular weight excluding hydrogens is 204 g/mol. The predicted octanol–water partition coefficient (Wildman–Crippen LogP) is 2.79. The molecule has 0 amide bonds. The molecule has 0 aliphatic heterocycles. The number of methoxy groups -OCH3 is 1. The lowest BCUT2D eigenvalue weighted by molar-refractivity contribution is 0.412. The van der Waals surface area contributed by atoms with Crippen molar-refractivity contribution in [3.05, 3.63) is 40.9 Å². The van der Waals surface area contributed by atoms with Gasteiger partial charge in [0, 0.05) is 0 Å². The van der Waals surface area contributed by atoms with E-state index in [1.165, 1.54) is 0 Å². The van der Waals surface area contributed by atoms with Crippen LogP contribution in [-0.4, -0.2) is 7.11 Å². The zero-order valence-corrected chi connectivity index (χ0v) is 7.81. The Morgan fingerprint density at radius 2 is 2.27 bits per heavy atom. The van der Waals surface area contributed by atoms with Crippen LogP contribution in [0.5, 0.6) is 5.75 Å². The molecule has 0 aliphatic rings. The molecule has 0 aromatic heterocycles. The van der Waals surface area contributed by atoms with Gasteiger partial charge in [0.1, 0.15) is 5.75 Å². The van der Waals surface area contributed by atoms with Crippen LogP contribution < -0.4 is 4.74 Å². The minimum atomic E-state index is 0.804. The topological polar surface area (TPSA) is 9.23 Å². The third-order valence-electron chi connectivity index (χ3n) is 1.37. The zero-order valence-electron chi connectivity index (χ0n) is 6.23. The van der Waals surface area contributed by atoms with Crippen molar-refractivity contribution in [3.63, 3.8) is 0 Å². The lowest BCUT2D eigenvalue weighted by atomic mass is 10.2. The Bertz CT molecular complexity index is 268. The second-order valence-corrected chi connectivity index (χ2v) is 2.79. The van der Waals surface area contributed by atoms with Gasteiger partial charge in [0.05, 0.1) is 11.6 Å². The molecule has 2 heteroatoms. The Balaban J connectivity index is 3.20. The van der Waals surface area contributed by atoms with Crippen LogP contribution in [0.15, 0.2) is 29.3 Å². The van der Waals surface area contributed by atoms with Crippen LogP contribution in [0.1, 0.15) is 5.56 Å². The van der Waals surface area contributed by atoms with E-state index in [2.05, 4.69) is 28.6 Å². The zero-order chi connectivity index (χ0) is 8.27. The van der Waals surface area contributed by atoms with Crippen molar-refractivity contribution >= 4 is 15.9 Å². The Morgan fingerprint density at radius 1 is 1.55 bits per heavy atom. The minimum Gasteiger partial charge on any atom is -0.496 e. The highest BCUT2D eigenvalue weighted by atomic mass is 79.9. The summed E-state index contributed by atoms with van der Waals surface area (Å²) in [6.07, 6.45) is 2.79. The Labute approximate surface area is 74.8 Å². The Hall–Kier alpha value is -0.760. The molecule has 1 radical (unpaired) electrons. The Kier molecular flexibility index (Phi) is 2.71. The predicted molar refractivity (Wildman–Crippen MR) is 48.7 cm³/mol. The van der Waals surface area contributed by atoms with Gasteiger partial charge in [0.15, 0.2) is 0 Å². The van der Waals surface area contributed by atoms with Gasteiger partial charge in [-0.3, -0.25) is 0 Å². The van der Waals surface area contributed by atoms with E-state index in [1.54, 1.807) is 7.11 Å². The molecule has 0 saturated carbocycles. The molecule has 11 heavy (non-hydrogen) atoms. The quantitative estimate of drug-likeness (QED) is 0.732. The second kappa shape index (κ2) is 3.58. The van der Waals surface area contributed by atoms with Crippen LogP contribution >= 0.6 is 15.9 Å². The number of ether oxygens (including phenoxy) is 1. The third-order valence-corrected chi connectivity index (χ3v) is 2.19. The number of rotatable bonds is 2. The molecule has 0 fully saturated rings. The molecule has 57 valence electrons. The molecule has 1 rings (SSSR count). The van der Waals surface area contributed by atoms with Crippen molar-refractivity contribution in [2.24, 2.45) is 0 Å². The summed E-state index contributed by atoms with van der Waals surface area (Å²) >= 11 is 3.37. The van der Waals surface area contributed by atoms with Crippen molar-refractivity contribution < 1.29 is 4.74 Å².